The molecule has 0 radical (unpaired) electrons. The molecule has 0 saturated carbocycles. The molecule has 4 rings (SSSR count). The lowest BCUT2D eigenvalue weighted by Crippen LogP contribution is -2.43. The summed E-state index contributed by atoms with van der Waals surface area (Å²) in [6.45, 7) is 3.37. The number of urea groups is 1. The molecule has 0 spiro atoms. The number of para-hydroxylation sites is 2. The predicted molar refractivity (Wildman–Crippen MR) is 90.0 cm³/mol. The van der Waals surface area contributed by atoms with Crippen LogP contribution in [0.3, 0.4) is 0 Å². The van der Waals surface area contributed by atoms with E-state index in [1.54, 1.807) is 22.0 Å². The smallest absolute Gasteiger partial charge is 0.322 e. The fraction of sp³-hybridized carbons (Fsp3) is 0.412. The Hall–Kier alpha value is -2.74. The van der Waals surface area contributed by atoms with Gasteiger partial charge in [-0.3, -0.25) is 4.68 Å². The molecule has 1 fully saturated rings. The van der Waals surface area contributed by atoms with Crippen molar-refractivity contribution in [2.45, 2.75) is 12.6 Å². The molecule has 0 bridgehead atoms. The third kappa shape index (κ3) is 3.69. The highest BCUT2D eigenvalue weighted by atomic mass is 16.6. The predicted octanol–water partition coefficient (Wildman–Crippen LogP) is 1.59. The van der Waals surface area contributed by atoms with Crippen molar-refractivity contribution in [1.82, 2.24) is 14.7 Å². The minimum absolute atomic E-state index is 0.127. The number of ether oxygens (including phenoxy) is 3. The zero-order valence-corrected chi connectivity index (χ0v) is 13.8. The zero-order chi connectivity index (χ0) is 17.1. The van der Waals surface area contributed by atoms with Crippen molar-refractivity contribution in [2.24, 2.45) is 0 Å². The number of aromatic nitrogens is 2. The number of hydrogen-bond donors (Lipinski definition) is 1. The summed E-state index contributed by atoms with van der Waals surface area (Å²) in [4.78, 5) is 13.9. The van der Waals surface area contributed by atoms with E-state index in [1.165, 1.54) is 0 Å². The van der Waals surface area contributed by atoms with Crippen molar-refractivity contribution in [2.75, 3.05) is 38.2 Å². The normalized spacial score (nSPS) is 19.5. The van der Waals surface area contributed by atoms with Gasteiger partial charge in [0.05, 0.1) is 31.6 Å². The average Bonchev–Trinajstić information content (AvgIpc) is 3.09. The second kappa shape index (κ2) is 7.02. The number of fused-ring (bicyclic) bond motifs is 1. The summed E-state index contributed by atoms with van der Waals surface area (Å²) in [5.41, 5.74) is 0.661. The van der Waals surface area contributed by atoms with Crippen LogP contribution >= 0.6 is 0 Å². The number of rotatable bonds is 3. The second-order valence-electron chi connectivity index (χ2n) is 5.98. The number of benzene rings is 1. The molecule has 25 heavy (non-hydrogen) atoms. The van der Waals surface area contributed by atoms with Crippen LogP contribution in [0.5, 0.6) is 11.5 Å². The monoisotopic (exact) mass is 344 g/mol. The number of morpholine rings is 1. The van der Waals surface area contributed by atoms with E-state index >= 15 is 0 Å². The lowest BCUT2D eigenvalue weighted by Gasteiger charge is -2.26. The first-order valence-corrected chi connectivity index (χ1v) is 8.32. The summed E-state index contributed by atoms with van der Waals surface area (Å²) in [5.74, 6) is 1.50. The summed E-state index contributed by atoms with van der Waals surface area (Å²) in [7, 11) is 0. The van der Waals surface area contributed by atoms with Gasteiger partial charge in [0.15, 0.2) is 17.6 Å². The highest BCUT2D eigenvalue weighted by molar-refractivity contribution is 5.89. The molecular weight excluding hydrogens is 324 g/mol. The quantitative estimate of drug-likeness (QED) is 0.915. The molecule has 2 aliphatic rings. The summed E-state index contributed by atoms with van der Waals surface area (Å²) >= 11 is 0. The summed E-state index contributed by atoms with van der Waals surface area (Å²) < 4.78 is 18.6. The van der Waals surface area contributed by atoms with Gasteiger partial charge in [0.25, 0.3) is 0 Å². The third-order valence-corrected chi connectivity index (χ3v) is 4.14. The number of hydrogen-bond acceptors (Lipinski definition) is 5. The van der Waals surface area contributed by atoms with Crippen LogP contribution in [-0.4, -0.2) is 59.7 Å². The molecule has 2 aliphatic heterocycles. The molecule has 1 atom stereocenters. The van der Waals surface area contributed by atoms with Crippen molar-refractivity contribution >= 4 is 11.7 Å². The highest BCUT2D eigenvalue weighted by Crippen LogP contribution is 2.31. The number of carbonyl (C=O) groups excluding carboxylic acids is 1. The molecule has 0 aliphatic carbocycles. The average molecular weight is 344 g/mol. The van der Waals surface area contributed by atoms with E-state index in [2.05, 4.69) is 10.4 Å². The van der Waals surface area contributed by atoms with Crippen molar-refractivity contribution in [3.63, 3.8) is 0 Å². The van der Waals surface area contributed by atoms with Crippen LogP contribution in [0.15, 0.2) is 36.7 Å². The van der Waals surface area contributed by atoms with Gasteiger partial charge in [-0.15, -0.1) is 0 Å². The molecule has 132 valence electrons. The lowest BCUT2D eigenvalue weighted by atomic mass is 10.2. The van der Waals surface area contributed by atoms with E-state index in [1.807, 2.05) is 24.3 Å². The number of amides is 2. The van der Waals surface area contributed by atoms with E-state index in [0.717, 1.165) is 11.5 Å². The first kappa shape index (κ1) is 15.8. The Morgan fingerprint density at radius 1 is 1.24 bits per heavy atom. The highest BCUT2D eigenvalue weighted by Gasteiger charge is 2.22. The molecule has 8 heteroatoms. The second-order valence-corrected chi connectivity index (χ2v) is 5.98. The van der Waals surface area contributed by atoms with Crippen molar-refractivity contribution in [3.8, 4) is 11.5 Å². The van der Waals surface area contributed by atoms with Crippen LogP contribution in [0.2, 0.25) is 0 Å². The van der Waals surface area contributed by atoms with Gasteiger partial charge in [0, 0.05) is 19.3 Å². The molecule has 1 aromatic carbocycles. The van der Waals surface area contributed by atoms with E-state index in [4.69, 9.17) is 14.2 Å². The van der Waals surface area contributed by atoms with Crippen LogP contribution in [-0.2, 0) is 11.3 Å². The maximum Gasteiger partial charge on any atom is 0.322 e. The molecule has 8 nitrogen and oxygen atoms in total. The first-order valence-electron chi connectivity index (χ1n) is 8.32. The van der Waals surface area contributed by atoms with E-state index in [0.29, 0.717) is 45.1 Å². The standard InChI is InChI=1S/C17H20N4O4/c22-17(20-5-7-23-8-6-20)19-13-9-18-21(10-13)11-14-12-24-15-3-1-2-4-16(15)25-14/h1-4,9-10,14H,5-8,11-12H2,(H,19,22). The van der Waals surface area contributed by atoms with Gasteiger partial charge >= 0.3 is 6.03 Å². The maximum absolute atomic E-state index is 12.2. The molecule has 1 unspecified atom stereocenters. The lowest BCUT2D eigenvalue weighted by molar-refractivity contribution is 0.0564. The number of carbonyl (C=O) groups is 1. The Morgan fingerprint density at radius 2 is 2.04 bits per heavy atom. The van der Waals surface area contributed by atoms with E-state index in [9.17, 15) is 4.79 Å². The SMILES string of the molecule is O=C(Nc1cnn(CC2COc3ccccc3O2)c1)N1CCOCC1. The zero-order valence-electron chi connectivity index (χ0n) is 13.8. The molecule has 2 aromatic rings. The van der Waals surface area contributed by atoms with Crippen molar-refractivity contribution < 1.29 is 19.0 Å². The number of nitrogens with zero attached hydrogens (tertiary/aromatic N) is 3. The first-order chi connectivity index (χ1) is 12.3. The van der Waals surface area contributed by atoms with Gasteiger partial charge in [-0.05, 0) is 12.1 Å². The fourth-order valence-electron chi connectivity index (χ4n) is 2.86. The van der Waals surface area contributed by atoms with Gasteiger partial charge in [-0.25, -0.2) is 4.79 Å². The number of anilines is 1. The molecule has 2 amide bonds. The van der Waals surface area contributed by atoms with E-state index < -0.39 is 0 Å². The largest absolute Gasteiger partial charge is 0.486 e. The van der Waals surface area contributed by atoms with Crippen LogP contribution < -0.4 is 14.8 Å². The summed E-state index contributed by atoms with van der Waals surface area (Å²) in [6.07, 6.45) is 3.30. The Labute approximate surface area is 145 Å². The Balaban J connectivity index is 1.33. The Bertz CT molecular complexity index is 742. The van der Waals surface area contributed by atoms with Gasteiger partial charge in [0.1, 0.15) is 6.61 Å². The summed E-state index contributed by atoms with van der Waals surface area (Å²) in [6, 6.07) is 7.48. The van der Waals surface area contributed by atoms with Crippen LogP contribution in [0.4, 0.5) is 10.5 Å². The van der Waals surface area contributed by atoms with Crippen molar-refractivity contribution in [3.05, 3.63) is 36.7 Å². The van der Waals surface area contributed by atoms with Crippen LogP contribution in [0.25, 0.3) is 0 Å². The van der Waals surface area contributed by atoms with Crippen molar-refractivity contribution in [1.29, 1.82) is 0 Å². The minimum Gasteiger partial charge on any atom is -0.486 e. The van der Waals surface area contributed by atoms with Crippen LogP contribution in [0, 0.1) is 0 Å². The van der Waals surface area contributed by atoms with E-state index in [-0.39, 0.29) is 12.1 Å². The Kier molecular flexibility index (Phi) is 4.43. The van der Waals surface area contributed by atoms with Gasteiger partial charge in [-0.1, -0.05) is 12.1 Å². The summed E-state index contributed by atoms with van der Waals surface area (Å²) in [5, 5.41) is 7.15. The fourth-order valence-corrected chi connectivity index (χ4v) is 2.86. The molecular formula is C17H20N4O4. The molecule has 1 saturated heterocycles. The topological polar surface area (TPSA) is 77.9 Å². The Morgan fingerprint density at radius 3 is 2.88 bits per heavy atom. The van der Waals surface area contributed by atoms with Gasteiger partial charge in [-0.2, -0.15) is 5.10 Å². The minimum atomic E-state index is -0.131. The molecule has 3 heterocycles. The van der Waals surface area contributed by atoms with Crippen LogP contribution in [0.1, 0.15) is 0 Å². The molecule has 1 aromatic heterocycles. The van der Waals surface area contributed by atoms with Gasteiger partial charge in [0.2, 0.25) is 0 Å². The third-order valence-electron chi connectivity index (χ3n) is 4.14. The maximum atomic E-state index is 12.2. The number of nitrogens with one attached hydrogen (secondary N) is 1. The molecule has 1 N–H and O–H groups in total. The van der Waals surface area contributed by atoms with Gasteiger partial charge < -0.3 is 24.4 Å².